The monoisotopic (exact) mass is 271 g/mol. The number of hydrogen-bond acceptors (Lipinski definition) is 2. The molecule has 0 bridgehead atoms. The topological polar surface area (TPSA) is 38.1 Å². The molecule has 0 atom stereocenters. The number of aryl methyl sites for hydroxylation is 1. The Labute approximate surface area is 119 Å². The number of piperidine rings is 1. The molecule has 1 amide bonds. The Kier molecular flexibility index (Phi) is 3.72. The first-order chi connectivity index (χ1) is 9.74. The molecular formula is C16H21N3O. The zero-order chi connectivity index (χ0) is 13.9. The lowest BCUT2D eigenvalue weighted by Crippen LogP contribution is -2.38. The first kappa shape index (κ1) is 13.2. The van der Waals surface area contributed by atoms with E-state index in [1.807, 2.05) is 34.0 Å². The molecule has 2 aromatic rings. The highest BCUT2D eigenvalue weighted by atomic mass is 16.2. The third-order valence-corrected chi connectivity index (χ3v) is 4.22. The van der Waals surface area contributed by atoms with E-state index in [9.17, 15) is 4.79 Å². The largest absolute Gasteiger partial charge is 0.343 e. The van der Waals surface area contributed by atoms with E-state index in [1.165, 1.54) is 0 Å². The number of carbonyl (C=O) groups is 1. The third kappa shape index (κ3) is 2.69. The van der Waals surface area contributed by atoms with Gasteiger partial charge in [0, 0.05) is 24.9 Å². The molecule has 2 heterocycles. The number of nitrogens with zero attached hydrogens (tertiary/aromatic N) is 3. The number of aromatic nitrogens is 2. The molecule has 3 rings (SSSR count). The summed E-state index contributed by atoms with van der Waals surface area (Å²) in [6.07, 6.45) is 4.68. The van der Waals surface area contributed by atoms with Crippen LogP contribution in [0.2, 0.25) is 0 Å². The summed E-state index contributed by atoms with van der Waals surface area (Å²) in [6.45, 7) is 4.76. The van der Waals surface area contributed by atoms with Gasteiger partial charge >= 0.3 is 0 Å². The van der Waals surface area contributed by atoms with Gasteiger partial charge < -0.3 is 4.90 Å². The van der Waals surface area contributed by atoms with E-state index in [0.29, 0.717) is 13.0 Å². The number of benzene rings is 1. The maximum absolute atomic E-state index is 12.2. The molecule has 1 aromatic carbocycles. The summed E-state index contributed by atoms with van der Waals surface area (Å²) in [5, 5.41) is 5.50. The molecule has 1 saturated heterocycles. The number of rotatable bonds is 3. The van der Waals surface area contributed by atoms with E-state index in [-0.39, 0.29) is 5.91 Å². The summed E-state index contributed by atoms with van der Waals surface area (Å²) in [5.41, 5.74) is 1.10. The number of likely N-dealkylation sites (tertiary alicyclic amines) is 1. The van der Waals surface area contributed by atoms with Gasteiger partial charge in [-0.25, -0.2) is 0 Å². The standard InChI is InChI=1S/C16H21N3O/c1-13-6-9-18(10-7-13)16(20)8-11-19-15-5-3-2-4-14(15)12-17-19/h2-5,12-13H,6-11H2,1H3. The van der Waals surface area contributed by atoms with Gasteiger partial charge in [-0.3, -0.25) is 9.48 Å². The first-order valence-electron chi connectivity index (χ1n) is 7.42. The van der Waals surface area contributed by atoms with Crippen LogP contribution in [0, 0.1) is 5.92 Å². The molecule has 0 aliphatic carbocycles. The van der Waals surface area contributed by atoms with Crippen molar-refractivity contribution in [2.75, 3.05) is 13.1 Å². The van der Waals surface area contributed by atoms with E-state index in [1.54, 1.807) is 0 Å². The lowest BCUT2D eigenvalue weighted by atomic mass is 9.99. The van der Waals surface area contributed by atoms with Crippen LogP contribution < -0.4 is 0 Å². The van der Waals surface area contributed by atoms with Crippen molar-refractivity contribution in [3.63, 3.8) is 0 Å². The lowest BCUT2D eigenvalue weighted by Gasteiger charge is -2.30. The highest BCUT2D eigenvalue weighted by Crippen LogP contribution is 2.17. The molecule has 1 aliphatic rings. The van der Waals surface area contributed by atoms with Crippen LogP contribution in [0.25, 0.3) is 10.9 Å². The lowest BCUT2D eigenvalue weighted by molar-refractivity contribution is -0.132. The third-order valence-electron chi connectivity index (χ3n) is 4.22. The average Bonchev–Trinajstić information content (AvgIpc) is 2.89. The normalized spacial score (nSPS) is 16.8. The van der Waals surface area contributed by atoms with Crippen molar-refractivity contribution in [2.24, 2.45) is 5.92 Å². The summed E-state index contributed by atoms with van der Waals surface area (Å²) < 4.78 is 1.93. The van der Waals surface area contributed by atoms with Gasteiger partial charge in [0.05, 0.1) is 18.3 Å². The van der Waals surface area contributed by atoms with Gasteiger partial charge in [0.1, 0.15) is 0 Å². The maximum atomic E-state index is 12.2. The Morgan fingerprint density at radius 3 is 2.85 bits per heavy atom. The number of para-hydroxylation sites is 1. The van der Waals surface area contributed by atoms with Gasteiger partial charge in [-0.1, -0.05) is 25.1 Å². The Hall–Kier alpha value is -1.84. The van der Waals surface area contributed by atoms with Gasteiger partial charge in [0.2, 0.25) is 5.91 Å². The fourth-order valence-corrected chi connectivity index (χ4v) is 2.82. The van der Waals surface area contributed by atoms with Crippen LogP contribution in [0.5, 0.6) is 0 Å². The Morgan fingerprint density at radius 1 is 1.30 bits per heavy atom. The Balaban J connectivity index is 1.60. The molecule has 0 spiro atoms. The SMILES string of the molecule is CC1CCN(C(=O)CCn2ncc3ccccc32)CC1. The fraction of sp³-hybridized carbons (Fsp3) is 0.500. The number of fused-ring (bicyclic) bond motifs is 1. The van der Waals surface area contributed by atoms with Crippen molar-refractivity contribution in [3.05, 3.63) is 30.5 Å². The summed E-state index contributed by atoms with van der Waals surface area (Å²) in [4.78, 5) is 14.2. The van der Waals surface area contributed by atoms with Crippen molar-refractivity contribution >= 4 is 16.8 Å². The van der Waals surface area contributed by atoms with Gasteiger partial charge in [0.15, 0.2) is 0 Å². The van der Waals surface area contributed by atoms with Gasteiger partial charge in [-0.05, 0) is 24.8 Å². The molecule has 20 heavy (non-hydrogen) atoms. The molecule has 1 aromatic heterocycles. The van der Waals surface area contributed by atoms with E-state index in [4.69, 9.17) is 0 Å². The maximum Gasteiger partial charge on any atom is 0.224 e. The zero-order valence-corrected chi connectivity index (χ0v) is 12.0. The van der Waals surface area contributed by atoms with Crippen LogP contribution in [-0.4, -0.2) is 33.7 Å². The first-order valence-corrected chi connectivity index (χ1v) is 7.42. The highest BCUT2D eigenvalue weighted by Gasteiger charge is 2.20. The van der Waals surface area contributed by atoms with Crippen LogP contribution in [0.1, 0.15) is 26.2 Å². The number of carbonyl (C=O) groups excluding carboxylic acids is 1. The van der Waals surface area contributed by atoms with E-state index >= 15 is 0 Å². The van der Waals surface area contributed by atoms with Crippen molar-refractivity contribution in [1.82, 2.24) is 14.7 Å². The van der Waals surface area contributed by atoms with Crippen LogP contribution in [0.15, 0.2) is 30.5 Å². The van der Waals surface area contributed by atoms with Crippen molar-refractivity contribution in [1.29, 1.82) is 0 Å². The molecule has 106 valence electrons. The van der Waals surface area contributed by atoms with Crippen LogP contribution in [-0.2, 0) is 11.3 Å². The van der Waals surface area contributed by atoms with Crippen LogP contribution >= 0.6 is 0 Å². The van der Waals surface area contributed by atoms with Gasteiger partial charge in [-0.2, -0.15) is 5.10 Å². The van der Waals surface area contributed by atoms with Crippen LogP contribution in [0.4, 0.5) is 0 Å². The Bertz CT molecular complexity index is 597. The molecule has 0 saturated carbocycles. The quantitative estimate of drug-likeness (QED) is 0.861. The number of hydrogen-bond donors (Lipinski definition) is 0. The zero-order valence-electron chi connectivity index (χ0n) is 12.0. The molecule has 4 heteroatoms. The predicted molar refractivity (Wildman–Crippen MR) is 79.3 cm³/mol. The second kappa shape index (κ2) is 5.65. The molecule has 1 aliphatic heterocycles. The van der Waals surface area contributed by atoms with Gasteiger partial charge in [0.25, 0.3) is 0 Å². The fourth-order valence-electron chi connectivity index (χ4n) is 2.82. The van der Waals surface area contributed by atoms with Gasteiger partial charge in [-0.15, -0.1) is 0 Å². The minimum atomic E-state index is 0.261. The molecule has 0 radical (unpaired) electrons. The van der Waals surface area contributed by atoms with E-state index in [2.05, 4.69) is 18.1 Å². The van der Waals surface area contributed by atoms with E-state index in [0.717, 1.165) is 42.8 Å². The summed E-state index contributed by atoms with van der Waals surface area (Å²) >= 11 is 0. The number of amides is 1. The van der Waals surface area contributed by atoms with E-state index < -0.39 is 0 Å². The molecule has 1 fully saturated rings. The van der Waals surface area contributed by atoms with Crippen molar-refractivity contribution in [3.8, 4) is 0 Å². The second-order valence-corrected chi connectivity index (χ2v) is 5.74. The summed E-state index contributed by atoms with van der Waals surface area (Å²) in [5.74, 6) is 1.02. The highest BCUT2D eigenvalue weighted by molar-refractivity contribution is 5.79. The minimum Gasteiger partial charge on any atom is -0.343 e. The predicted octanol–water partition coefficient (Wildman–Crippen LogP) is 2.68. The molecular weight excluding hydrogens is 250 g/mol. The smallest absolute Gasteiger partial charge is 0.224 e. The molecule has 0 N–H and O–H groups in total. The average molecular weight is 271 g/mol. The molecule has 4 nitrogen and oxygen atoms in total. The minimum absolute atomic E-state index is 0.261. The van der Waals surface area contributed by atoms with Crippen molar-refractivity contribution in [2.45, 2.75) is 32.7 Å². The van der Waals surface area contributed by atoms with Crippen LogP contribution in [0.3, 0.4) is 0 Å². The summed E-state index contributed by atoms with van der Waals surface area (Å²) in [7, 11) is 0. The molecule has 0 unspecified atom stereocenters. The second-order valence-electron chi connectivity index (χ2n) is 5.74. The van der Waals surface area contributed by atoms with Crippen molar-refractivity contribution < 1.29 is 4.79 Å². The Morgan fingerprint density at radius 2 is 2.05 bits per heavy atom. The summed E-state index contributed by atoms with van der Waals surface area (Å²) in [6, 6.07) is 8.12.